The maximum atomic E-state index is 12.6. The minimum absolute atomic E-state index is 0.0405. The van der Waals surface area contributed by atoms with E-state index in [0.29, 0.717) is 36.3 Å². The first-order valence-corrected chi connectivity index (χ1v) is 14.8. The fraction of sp³-hybridized carbons (Fsp3) is 0.800. The Morgan fingerprint density at radius 2 is 2.05 bits per heavy atom. The summed E-state index contributed by atoms with van der Waals surface area (Å²) in [5.74, 6) is 2.32. The van der Waals surface area contributed by atoms with E-state index in [4.69, 9.17) is 4.74 Å². The first-order valence-electron chi connectivity index (χ1n) is 14.8. The number of nitrogens with zero attached hydrogens (tertiary/aromatic N) is 1. The Kier molecular flexibility index (Phi) is 6.67. The predicted molar refractivity (Wildman–Crippen MR) is 142 cm³/mol. The molecule has 4 aliphatic carbocycles. The van der Waals surface area contributed by atoms with Crippen molar-refractivity contribution in [2.75, 3.05) is 32.8 Å². The maximum Gasteiger partial charge on any atom is 0.331 e. The number of likely N-dealkylation sites (tertiary alicyclic amines) is 1. The Balaban J connectivity index is 1.04. The van der Waals surface area contributed by atoms with Crippen molar-refractivity contribution in [2.24, 2.45) is 34.5 Å². The van der Waals surface area contributed by atoms with Gasteiger partial charge in [-0.3, -0.25) is 4.90 Å². The van der Waals surface area contributed by atoms with Gasteiger partial charge in [-0.25, -0.2) is 9.59 Å². The van der Waals surface area contributed by atoms with Crippen molar-refractivity contribution in [3.8, 4) is 0 Å². The molecule has 0 spiro atoms. The number of urea groups is 1. The molecule has 6 rings (SSSR count). The van der Waals surface area contributed by atoms with Gasteiger partial charge in [-0.05, 0) is 97.9 Å². The number of ether oxygens (including phenoxy) is 1. The molecule has 3 saturated carbocycles. The molecule has 6 aliphatic rings. The summed E-state index contributed by atoms with van der Waals surface area (Å²) >= 11 is 0. The number of carbonyl (C=O) groups excluding carboxylic acids is 2. The minimum atomic E-state index is -0.213. The highest BCUT2D eigenvalue weighted by atomic mass is 16.5. The van der Waals surface area contributed by atoms with Crippen molar-refractivity contribution in [3.63, 3.8) is 0 Å². The zero-order valence-corrected chi connectivity index (χ0v) is 22.6. The second kappa shape index (κ2) is 9.71. The molecule has 0 radical (unpaired) electrons. The lowest BCUT2D eigenvalue weighted by Crippen LogP contribution is -2.54. The standard InChI is InChI=1S/C30H45N3O4/c1-29-10-7-21(32-28(36)31-12-14-33-13-9-22(34)17-33)16-20(29)3-4-23-25-6-5-24(19-15-27(35)37-18-19)30(25,2)11-8-26(23)29/h6,15,20-24,26,34H,3-5,7-14,16-18H2,1-2H3,(H2,31,32,36)/t20-,21+,22+,23+,24-,26+,29+,30-/m1/s1. The summed E-state index contributed by atoms with van der Waals surface area (Å²) in [6.45, 7) is 8.55. The highest BCUT2D eigenvalue weighted by Gasteiger charge is 2.58. The van der Waals surface area contributed by atoms with E-state index in [1.54, 1.807) is 11.6 Å². The van der Waals surface area contributed by atoms with Gasteiger partial charge in [0.2, 0.25) is 0 Å². The number of hydrogen-bond acceptors (Lipinski definition) is 5. The lowest BCUT2D eigenvalue weighted by Gasteiger charge is -2.60. The molecule has 37 heavy (non-hydrogen) atoms. The molecular weight excluding hydrogens is 466 g/mol. The van der Waals surface area contributed by atoms with E-state index in [1.165, 1.54) is 37.7 Å². The topological polar surface area (TPSA) is 90.9 Å². The molecule has 0 bridgehead atoms. The molecule has 1 saturated heterocycles. The van der Waals surface area contributed by atoms with Crippen LogP contribution in [-0.2, 0) is 9.53 Å². The Bertz CT molecular complexity index is 993. The van der Waals surface area contributed by atoms with E-state index in [1.807, 2.05) is 0 Å². The predicted octanol–water partition coefficient (Wildman–Crippen LogP) is 3.78. The van der Waals surface area contributed by atoms with Crippen LogP contribution in [-0.4, -0.2) is 66.9 Å². The molecule has 7 heteroatoms. The van der Waals surface area contributed by atoms with E-state index in [-0.39, 0.29) is 29.6 Å². The van der Waals surface area contributed by atoms with Crippen LogP contribution >= 0.6 is 0 Å². The van der Waals surface area contributed by atoms with Gasteiger partial charge < -0.3 is 20.5 Å². The van der Waals surface area contributed by atoms with Gasteiger partial charge in [0.1, 0.15) is 6.61 Å². The molecule has 0 unspecified atom stereocenters. The number of β-amino-alcohol motifs (C(OH)–C–C–N with tert-alkyl or cyclic N) is 1. The summed E-state index contributed by atoms with van der Waals surface area (Å²) in [6.07, 6.45) is 14.3. The molecule has 204 valence electrons. The number of esters is 1. The van der Waals surface area contributed by atoms with Crippen LogP contribution in [0.2, 0.25) is 0 Å². The van der Waals surface area contributed by atoms with Crippen molar-refractivity contribution >= 4 is 12.0 Å². The average Bonchev–Trinajstić information content (AvgIpc) is 3.57. The molecule has 8 atom stereocenters. The lowest BCUT2D eigenvalue weighted by atomic mass is 9.45. The van der Waals surface area contributed by atoms with Crippen LogP contribution in [0.3, 0.4) is 0 Å². The Morgan fingerprint density at radius 3 is 2.81 bits per heavy atom. The van der Waals surface area contributed by atoms with Gasteiger partial charge in [0.25, 0.3) is 0 Å². The summed E-state index contributed by atoms with van der Waals surface area (Å²) in [5, 5.41) is 16.0. The monoisotopic (exact) mass is 511 g/mol. The SMILES string of the molecule is C[C@]12CC[C@H](NC(=O)NCCN3CC[C@H](O)C3)C[C@H]1CC[C@H]1C3=CC[C@H](C4=CC(=O)OC4)[C@@]3(C)CC[C@@H]12. The van der Waals surface area contributed by atoms with E-state index < -0.39 is 0 Å². The van der Waals surface area contributed by atoms with Gasteiger partial charge >= 0.3 is 12.0 Å². The number of carbonyl (C=O) groups is 2. The minimum Gasteiger partial charge on any atom is -0.458 e. The third kappa shape index (κ3) is 4.54. The van der Waals surface area contributed by atoms with Crippen LogP contribution in [0.15, 0.2) is 23.3 Å². The molecule has 0 aromatic rings. The number of hydrogen-bond donors (Lipinski definition) is 3. The maximum absolute atomic E-state index is 12.6. The van der Waals surface area contributed by atoms with Gasteiger partial charge in [-0.2, -0.15) is 0 Å². The third-order valence-corrected chi connectivity index (χ3v) is 11.5. The quantitative estimate of drug-likeness (QED) is 0.386. The molecule has 0 aromatic heterocycles. The van der Waals surface area contributed by atoms with Gasteiger partial charge in [-0.15, -0.1) is 0 Å². The fourth-order valence-corrected chi connectivity index (χ4v) is 9.45. The fourth-order valence-electron chi connectivity index (χ4n) is 9.45. The number of aliphatic hydroxyl groups is 1. The van der Waals surface area contributed by atoms with Gasteiger partial charge in [0.05, 0.1) is 6.10 Å². The van der Waals surface area contributed by atoms with E-state index >= 15 is 0 Å². The average molecular weight is 512 g/mol. The van der Waals surface area contributed by atoms with Crippen molar-refractivity contribution in [1.29, 1.82) is 0 Å². The lowest BCUT2D eigenvalue weighted by molar-refractivity contribution is -0.135. The molecule has 2 aliphatic heterocycles. The second-order valence-corrected chi connectivity index (χ2v) is 13.3. The molecule has 7 nitrogen and oxygen atoms in total. The summed E-state index contributed by atoms with van der Waals surface area (Å²) in [5.41, 5.74) is 3.41. The van der Waals surface area contributed by atoms with E-state index in [2.05, 4.69) is 35.5 Å². The normalized spacial score (nSPS) is 43.3. The second-order valence-electron chi connectivity index (χ2n) is 13.3. The molecule has 3 N–H and O–H groups in total. The van der Waals surface area contributed by atoms with Crippen molar-refractivity contribution in [3.05, 3.63) is 23.3 Å². The number of fused-ring (bicyclic) bond motifs is 5. The van der Waals surface area contributed by atoms with Crippen LogP contribution in [0.25, 0.3) is 0 Å². The zero-order chi connectivity index (χ0) is 25.8. The van der Waals surface area contributed by atoms with Gasteiger partial charge in [-0.1, -0.05) is 25.5 Å². The van der Waals surface area contributed by atoms with E-state index in [0.717, 1.165) is 51.2 Å². The summed E-state index contributed by atoms with van der Waals surface area (Å²) in [4.78, 5) is 26.6. The third-order valence-electron chi connectivity index (χ3n) is 11.5. The summed E-state index contributed by atoms with van der Waals surface area (Å²) < 4.78 is 5.28. The molecule has 0 aromatic carbocycles. The van der Waals surface area contributed by atoms with Crippen LogP contribution in [0.4, 0.5) is 4.79 Å². The summed E-state index contributed by atoms with van der Waals surface area (Å²) in [7, 11) is 0. The highest BCUT2D eigenvalue weighted by Crippen LogP contribution is 2.66. The van der Waals surface area contributed by atoms with Crippen LogP contribution in [0.5, 0.6) is 0 Å². The Morgan fingerprint density at radius 1 is 1.19 bits per heavy atom. The van der Waals surface area contributed by atoms with Gasteiger partial charge in [0.15, 0.2) is 0 Å². The molecular formula is C30H45N3O4. The number of cyclic esters (lactones) is 1. The Hall–Kier alpha value is -1.86. The van der Waals surface area contributed by atoms with Crippen LogP contribution in [0.1, 0.15) is 71.6 Å². The number of allylic oxidation sites excluding steroid dienone is 2. The van der Waals surface area contributed by atoms with Crippen LogP contribution in [0, 0.1) is 34.5 Å². The van der Waals surface area contributed by atoms with Crippen molar-refractivity contribution < 1.29 is 19.4 Å². The number of aliphatic hydroxyl groups excluding tert-OH is 1. The van der Waals surface area contributed by atoms with Crippen molar-refractivity contribution in [1.82, 2.24) is 15.5 Å². The van der Waals surface area contributed by atoms with Gasteiger partial charge in [0, 0.05) is 38.3 Å². The number of rotatable bonds is 5. The Labute approximate surface area is 221 Å². The first kappa shape index (κ1) is 25.4. The summed E-state index contributed by atoms with van der Waals surface area (Å²) in [6, 6.07) is 0.223. The smallest absolute Gasteiger partial charge is 0.331 e. The zero-order valence-electron chi connectivity index (χ0n) is 22.6. The molecule has 4 fully saturated rings. The van der Waals surface area contributed by atoms with Crippen molar-refractivity contribution in [2.45, 2.75) is 83.8 Å². The van der Waals surface area contributed by atoms with E-state index in [9.17, 15) is 14.7 Å². The largest absolute Gasteiger partial charge is 0.458 e. The number of nitrogens with one attached hydrogen (secondary N) is 2. The molecule has 2 amide bonds. The number of amides is 2. The molecule has 2 heterocycles. The van der Waals surface area contributed by atoms with Crippen LogP contribution < -0.4 is 10.6 Å². The highest BCUT2D eigenvalue weighted by molar-refractivity contribution is 5.85. The first-order chi connectivity index (χ1) is 17.8.